The molecule has 0 atom stereocenters. The molecule has 0 spiro atoms. The number of nitrogens with zero attached hydrogens (tertiary/aromatic N) is 1. The summed E-state index contributed by atoms with van der Waals surface area (Å²) in [7, 11) is 3.47. The lowest BCUT2D eigenvalue weighted by Crippen LogP contribution is -2.29. The molecule has 0 saturated carbocycles. The van der Waals surface area contributed by atoms with E-state index in [1.165, 1.54) is 0 Å². The van der Waals surface area contributed by atoms with Crippen LogP contribution < -0.4 is 0 Å². The van der Waals surface area contributed by atoms with Gasteiger partial charge in [0.1, 0.15) is 5.69 Å². The Morgan fingerprint density at radius 3 is 2.68 bits per heavy atom. The molecule has 0 fully saturated rings. The Morgan fingerprint density at radius 1 is 1.20 bits per heavy atom. The molecular formula is C20H21ClN2O2. The van der Waals surface area contributed by atoms with Crippen molar-refractivity contribution in [1.29, 1.82) is 0 Å². The summed E-state index contributed by atoms with van der Waals surface area (Å²) in [4.78, 5) is 18.0. The molecular weight excluding hydrogens is 336 g/mol. The first-order valence-corrected chi connectivity index (χ1v) is 8.60. The summed E-state index contributed by atoms with van der Waals surface area (Å²) in [5.41, 5.74) is 3.37. The summed E-state index contributed by atoms with van der Waals surface area (Å²) in [6, 6.07) is 15.5. The fourth-order valence-electron chi connectivity index (χ4n) is 2.97. The average molecular weight is 357 g/mol. The van der Waals surface area contributed by atoms with Gasteiger partial charge in [0.05, 0.1) is 0 Å². The predicted octanol–water partition coefficient (Wildman–Crippen LogP) is 4.60. The van der Waals surface area contributed by atoms with Crippen LogP contribution in [0.3, 0.4) is 0 Å². The third-order valence-electron chi connectivity index (χ3n) is 4.23. The van der Waals surface area contributed by atoms with E-state index in [0.29, 0.717) is 23.9 Å². The zero-order valence-corrected chi connectivity index (χ0v) is 15.1. The number of hydrogen-bond donors (Lipinski definition) is 1. The van der Waals surface area contributed by atoms with Gasteiger partial charge in [0, 0.05) is 48.8 Å². The lowest BCUT2D eigenvalue weighted by atomic mass is 10.0. The number of hydrogen-bond acceptors (Lipinski definition) is 2. The van der Waals surface area contributed by atoms with Gasteiger partial charge in [-0.2, -0.15) is 0 Å². The van der Waals surface area contributed by atoms with E-state index in [0.717, 1.165) is 28.5 Å². The van der Waals surface area contributed by atoms with Crippen LogP contribution in [0.1, 0.15) is 16.9 Å². The van der Waals surface area contributed by atoms with Crippen LogP contribution in [0.25, 0.3) is 22.0 Å². The first-order chi connectivity index (χ1) is 12.1. The lowest BCUT2D eigenvalue weighted by molar-refractivity contribution is 0.0775. The normalized spacial score (nSPS) is 11.0. The summed E-state index contributed by atoms with van der Waals surface area (Å²) in [6.07, 6.45) is 0.797. The molecule has 2 aromatic carbocycles. The number of carbonyl (C=O) groups excluding carboxylic acids is 1. The van der Waals surface area contributed by atoms with Gasteiger partial charge in [-0.05, 0) is 30.2 Å². The Bertz CT molecular complexity index is 874. The van der Waals surface area contributed by atoms with Crippen LogP contribution >= 0.6 is 11.6 Å². The van der Waals surface area contributed by atoms with Crippen molar-refractivity contribution in [2.24, 2.45) is 0 Å². The van der Waals surface area contributed by atoms with Crippen molar-refractivity contribution >= 4 is 28.4 Å². The third-order valence-corrected chi connectivity index (χ3v) is 4.46. The summed E-state index contributed by atoms with van der Waals surface area (Å²) in [5, 5.41) is 1.60. The molecule has 1 aromatic heterocycles. The van der Waals surface area contributed by atoms with Gasteiger partial charge in [0.25, 0.3) is 5.91 Å². The molecule has 130 valence electrons. The first kappa shape index (κ1) is 17.5. The van der Waals surface area contributed by atoms with E-state index in [2.05, 4.69) is 4.98 Å². The van der Waals surface area contributed by atoms with Crippen LogP contribution in [-0.4, -0.2) is 43.1 Å². The fourth-order valence-corrected chi connectivity index (χ4v) is 3.14. The van der Waals surface area contributed by atoms with Crippen LogP contribution in [0, 0.1) is 0 Å². The van der Waals surface area contributed by atoms with E-state index >= 15 is 0 Å². The van der Waals surface area contributed by atoms with E-state index in [-0.39, 0.29) is 5.91 Å². The number of aromatic amines is 1. The number of aromatic nitrogens is 1. The van der Waals surface area contributed by atoms with Crippen LogP contribution in [0.4, 0.5) is 0 Å². The smallest absolute Gasteiger partial charge is 0.270 e. The molecule has 0 aliphatic rings. The van der Waals surface area contributed by atoms with E-state index < -0.39 is 0 Å². The minimum absolute atomic E-state index is 0.0396. The van der Waals surface area contributed by atoms with Gasteiger partial charge < -0.3 is 14.6 Å². The van der Waals surface area contributed by atoms with Crippen molar-refractivity contribution in [2.45, 2.75) is 6.42 Å². The first-order valence-electron chi connectivity index (χ1n) is 8.23. The Kier molecular flexibility index (Phi) is 5.41. The van der Waals surface area contributed by atoms with Crippen LogP contribution in [0.15, 0.2) is 48.5 Å². The maximum atomic E-state index is 13.0. The number of fused-ring (bicyclic) bond motifs is 1. The second-order valence-corrected chi connectivity index (χ2v) is 6.44. The van der Waals surface area contributed by atoms with Crippen molar-refractivity contribution in [3.8, 4) is 11.1 Å². The van der Waals surface area contributed by atoms with Gasteiger partial charge in [-0.25, -0.2) is 0 Å². The molecule has 1 heterocycles. The van der Waals surface area contributed by atoms with Gasteiger partial charge in [-0.15, -0.1) is 0 Å². The van der Waals surface area contributed by atoms with Crippen molar-refractivity contribution in [3.05, 3.63) is 59.2 Å². The number of H-pyrrole nitrogens is 1. The third kappa shape index (κ3) is 3.70. The Morgan fingerprint density at radius 2 is 1.96 bits per heavy atom. The highest BCUT2D eigenvalue weighted by atomic mass is 35.5. The van der Waals surface area contributed by atoms with Crippen LogP contribution in [0.5, 0.6) is 0 Å². The number of rotatable bonds is 6. The molecule has 0 radical (unpaired) electrons. The number of halogens is 1. The highest BCUT2D eigenvalue weighted by Gasteiger charge is 2.21. The predicted molar refractivity (Wildman–Crippen MR) is 102 cm³/mol. The van der Waals surface area contributed by atoms with Crippen molar-refractivity contribution in [3.63, 3.8) is 0 Å². The maximum absolute atomic E-state index is 13.0. The monoisotopic (exact) mass is 356 g/mol. The number of amides is 1. The summed E-state index contributed by atoms with van der Waals surface area (Å²) in [5.74, 6) is -0.0396. The van der Waals surface area contributed by atoms with Crippen molar-refractivity contribution in [1.82, 2.24) is 9.88 Å². The standard InChI is InChI=1S/C20H21ClN2O2/c1-23(11-6-12-25-2)20(24)19-18(14-7-4-3-5-8-14)16-13-15(21)9-10-17(16)22-19/h3-5,7-10,13,22H,6,11-12H2,1-2H3. The SMILES string of the molecule is COCCCN(C)C(=O)c1[nH]c2ccc(Cl)cc2c1-c1ccccc1. The van der Waals surface area contributed by atoms with E-state index in [4.69, 9.17) is 16.3 Å². The number of carbonyl (C=O) groups is 1. The minimum atomic E-state index is -0.0396. The molecule has 5 heteroatoms. The quantitative estimate of drug-likeness (QED) is 0.656. The molecule has 0 bridgehead atoms. The van der Waals surface area contributed by atoms with Gasteiger partial charge in [-0.3, -0.25) is 4.79 Å². The molecule has 25 heavy (non-hydrogen) atoms. The second-order valence-electron chi connectivity index (χ2n) is 6.00. The maximum Gasteiger partial charge on any atom is 0.270 e. The van der Waals surface area contributed by atoms with E-state index in [1.54, 1.807) is 12.0 Å². The zero-order valence-electron chi connectivity index (χ0n) is 14.4. The highest BCUT2D eigenvalue weighted by Crippen LogP contribution is 2.34. The largest absolute Gasteiger partial charge is 0.385 e. The summed E-state index contributed by atoms with van der Waals surface area (Å²) >= 11 is 6.19. The minimum Gasteiger partial charge on any atom is -0.385 e. The molecule has 4 nitrogen and oxygen atoms in total. The van der Waals surface area contributed by atoms with E-state index in [9.17, 15) is 4.79 Å². The second kappa shape index (κ2) is 7.72. The van der Waals surface area contributed by atoms with Crippen molar-refractivity contribution in [2.75, 3.05) is 27.3 Å². The summed E-state index contributed by atoms with van der Waals surface area (Å²) < 4.78 is 5.07. The lowest BCUT2D eigenvalue weighted by Gasteiger charge is -2.17. The molecule has 3 rings (SSSR count). The van der Waals surface area contributed by atoms with Crippen LogP contribution in [-0.2, 0) is 4.74 Å². The fraction of sp³-hybridized carbons (Fsp3) is 0.250. The molecule has 0 saturated heterocycles. The molecule has 1 N–H and O–H groups in total. The Labute approximate surface area is 152 Å². The number of nitrogens with one attached hydrogen (secondary N) is 1. The van der Waals surface area contributed by atoms with Gasteiger partial charge in [-0.1, -0.05) is 41.9 Å². The molecule has 0 unspecified atom stereocenters. The molecule has 3 aromatic rings. The zero-order chi connectivity index (χ0) is 17.8. The highest BCUT2D eigenvalue weighted by molar-refractivity contribution is 6.31. The van der Waals surface area contributed by atoms with Gasteiger partial charge in [0.15, 0.2) is 0 Å². The number of methoxy groups -OCH3 is 1. The van der Waals surface area contributed by atoms with E-state index in [1.807, 2.05) is 55.6 Å². The van der Waals surface area contributed by atoms with Crippen molar-refractivity contribution < 1.29 is 9.53 Å². The number of benzene rings is 2. The van der Waals surface area contributed by atoms with Gasteiger partial charge in [0.2, 0.25) is 0 Å². The Balaban J connectivity index is 2.07. The van der Waals surface area contributed by atoms with Gasteiger partial charge >= 0.3 is 0 Å². The molecule has 0 aliphatic carbocycles. The Hall–Kier alpha value is -2.30. The molecule has 0 aliphatic heterocycles. The topological polar surface area (TPSA) is 45.3 Å². The molecule has 1 amide bonds. The summed E-state index contributed by atoms with van der Waals surface area (Å²) in [6.45, 7) is 1.27. The number of ether oxygens (including phenoxy) is 1. The average Bonchev–Trinajstić information content (AvgIpc) is 3.00. The van der Waals surface area contributed by atoms with Crippen LogP contribution in [0.2, 0.25) is 5.02 Å².